The van der Waals surface area contributed by atoms with E-state index in [2.05, 4.69) is 10.1 Å². The van der Waals surface area contributed by atoms with Gasteiger partial charge in [0.2, 0.25) is 0 Å². The van der Waals surface area contributed by atoms with Crippen molar-refractivity contribution in [2.45, 2.75) is 6.10 Å². The third-order valence-electron chi connectivity index (χ3n) is 2.66. The molecule has 2 heterocycles. The van der Waals surface area contributed by atoms with Crippen molar-refractivity contribution in [3.63, 3.8) is 0 Å². The lowest BCUT2D eigenvalue weighted by molar-refractivity contribution is 0.263. The molecule has 0 bridgehead atoms. The Morgan fingerprint density at radius 2 is 2.18 bits per heavy atom. The van der Waals surface area contributed by atoms with Gasteiger partial charge in [-0.15, -0.1) is 0 Å². The Balaban J connectivity index is 1.72. The summed E-state index contributed by atoms with van der Waals surface area (Å²) in [6.07, 6.45) is 1.83. The van der Waals surface area contributed by atoms with E-state index >= 15 is 0 Å². The van der Waals surface area contributed by atoms with Crippen LogP contribution >= 0.6 is 0 Å². The molecule has 17 heavy (non-hydrogen) atoms. The molecule has 0 saturated carbocycles. The Morgan fingerprint density at radius 3 is 2.76 bits per heavy atom. The molecule has 0 aliphatic carbocycles. The topological polar surface area (TPSA) is 52.5 Å². The zero-order valence-corrected chi connectivity index (χ0v) is 9.54. The van der Waals surface area contributed by atoms with Crippen LogP contribution in [0.2, 0.25) is 0 Å². The molecule has 0 spiro atoms. The van der Waals surface area contributed by atoms with Crippen LogP contribution in [0.25, 0.3) is 11.4 Å². The van der Waals surface area contributed by atoms with Gasteiger partial charge in [0.25, 0.3) is 0 Å². The van der Waals surface area contributed by atoms with Crippen molar-refractivity contribution in [3.8, 4) is 17.1 Å². The highest BCUT2D eigenvalue weighted by molar-refractivity contribution is 5.56. The lowest BCUT2D eigenvalue weighted by Gasteiger charge is -2.05. The first kappa shape index (κ1) is 10.3. The predicted molar refractivity (Wildman–Crippen MR) is 61.7 cm³/mol. The number of rotatable bonds is 4. The highest BCUT2D eigenvalue weighted by Gasteiger charge is 2.22. The fraction of sp³-hybridized carbons (Fsp3) is 0.333. The minimum atomic E-state index is 0.286. The van der Waals surface area contributed by atoms with Crippen LogP contribution in [0.15, 0.2) is 30.6 Å². The molecule has 1 saturated heterocycles. The van der Waals surface area contributed by atoms with Crippen LogP contribution in [0.1, 0.15) is 0 Å². The Kier molecular flexibility index (Phi) is 2.53. The first-order valence-corrected chi connectivity index (χ1v) is 5.52. The van der Waals surface area contributed by atoms with Crippen molar-refractivity contribution in [1.29, 1.82) is 0 Å². The average Bonchev–Trinajstić information content (AvgIpc) is 3.09. The number of hydrogen-bond acceptors (Lipinski definition) is 4. The van der Waals surface area contributed by atoms with Gasteiger partial charge in [-0.25, -0.2) is 9.67 Å². The molecule has 1 aromatic carbocycles. The monoisotopic (exact) mass is 231 g/mol. The summed E-state index contributed by atoms with van der Waals surface area (Å²) in [6.45, 7) is 1.44. The second-order valence-corrected chi connectivity index (χ2v) is 4.00. The minimum absolute atomic E-state index is 0.286. The molecule has 1 atom stereocenters. The quantitative estimate of drug-likeness (QED) is 0.743. The molecule has 1 fully saturated rings. The van der Waals surface area contributed by atoms with E-state index in [9.17, 15) is 0 Å². The van der Waals surface area contributed by atoms with Crippen LogP contribution < -0.4 is 4.74 Å². The summed E-state index contributed by atoms with van der Waals surface area (Å²) in [5.74, 6) is 1.70. The zero-order valence-electron chi connectivity index (χ0n) is 9.54. The molecule has 3 rings (SSSR count). The summed E-state index contributed by atoms with van der Waals surface area (Å²) in [6, 6.07) is 7.83. The van der Waals surface area contributed by atoms with E-state index in [4.69, 9.17) is 9.47 Å². The SMILES string of the molecule is Cn1ncnc1-c1ccc(OCC2CO2)cc1. The van der Waals surface area contributed by atoms with Crippen molar-refractivity contribution in [3.05, 3.63) is 30.6 Å². The number of epoxide rings is 1. The molecule has 88 valence electrons. The van der Waals surface area contributed by atoms with Gasteiger partial charge in [0, 0.05) is 12.6 Å². The van der Waals surface area contributed by atoms with Crippen LogP contribution in [-0.2, 0) is 11.8 Å². The number of aromatic nitrogens is 3. The smallest absolute Gasteiger partial charge is 0.157 e. The van der Waals surface area contributed by atoms with E-state index in [0.717, 1.165) is 23.7 Å². The highest BCUT2D eigenvalue weighted by atomic mass is 16.6. The summed E-state index contributed by atoms with van der Waals surface area (Å²) >= 11 is 0. The molecule has 1 unspecified atom stereocenters. The van der Waals surface area contributed by atoms with Crippen molar-refractivity contribution in [2.24, 2.45) is 7.05 Å². The van der Waals surface area contributed by atoms with E-state index in [1.54, 1.807) is 11.0 Å². The standard InChI is InChI=1S/C12H13N3O2/c1-15-12(13-8-14-15)9-2-4-10(5-3-9)16-6-11-7-17-11/h2-5,8,11H,6-7H2,1H3. The summed E-state index contributed by atoms with van der Waals surface area (Å²) in [4.78, 5) is 4.19. The number of aryl methyl sites for hydroxylation is 1. The van der Waals surface area contributed by atoms with Crippen LogP contribution in [0.5, 0.6) is 5.75 Å². The van der Waals surface area contributed by atoms with Gasteiger partial charge in [0.1, 0.15) is 24.8 Å². The molecule has 2 aromatic rings. The van der Waals surface area contributed by atoms with Crippen molar-refractivity contribution in [2.75, 3.05) is 13.2 Å². The van der Waals surface area contributed by atoms with Crippen LogP contribution in [-0.4, -0.2) is 34.1 Å². The molecule has 0 amide bonds. The predicted octanol–water partition coefficient (Wildman–Crippen LogP) is 1.26. The zero-order chi connectivity index (χ0) is 11.7. The molecule has 1 aromatic heterocycles. The van der Waals surface area contributed by atoms with E-state index in [-0.39, 0.29) is 6.10 Å². The van der Waals surface area contributed by atoms with E-state index in [1.165, 1.54) is 0 Å². The number of nitrogens with zero attached hydrogens (tertiary/aromatic N) is 3. The number of ether oxygens (including phenoxy) is 2. The number of benzene rings is 1. The molecule has 5 nitrogen and oxygen atoms in total. The average molecular weight is 231 g/mol. The third-order valence-corrected chi connectivity index (χ3v) is 2.66. The maximum Gasteiger partial charge on any atom is 0.157 e. The van der Waals surface area contributed by atoms with Crippen LogP contribution in [0.3, 0.4) is 0 Å². The highest BCUT2D eigenvalue weighted by Crippen LogP contribution is 2.20. The van der Waals surface area contributed by atoms with Gasteiger partial charge in [-0.1, -0.05) is 0 Å². The maximum atomic E-state index is 5.56. The fourth-order valence-corrected chi connectivity index (χ4v) is 1.61. The maximum absolute atomic E-state index is 5.56. The Hall–Kier alpha value is -1.88. The van der Waals surface area contributed by atoms with Crippen molar-refractivity contribution >= 4 is 0 Å². The van der Waals surface area contributed by atoms with Gasteiger partial charge in [0.05, 0.1) is 6.61 Å². The Bertz CT molecular complexity index is 503. The third kappa shape index (κ3) is 2.29. The lowest BCUT2D eigenvalue weighted by atomic mass is 10.2. The number of hydrogen-bond donors (Lipinski definition) is 0. The second-order valence-electron chi connectivity index (χ2n) is 4.00. The summed E-state index contributed by atoms with van der Waals surface area (Å²) in [7, 11) is 1.87. The van der Waals surface area contributed by atoms with E-state index in [1.807, 2.05) is 31.3 Å². The van der Waals surface area contributed by atoms with Crippen molar-refractivity contribution in [1.82, 2.24) is 14.8 Å². The van der Waals surface area contributed by atoms with Crippen LogP contribution in [0.4, 0.5) is 0 Å². The van der Waals surface area contributed by atoms with Gasteiger partial charge < -0.3 is 9.47 Å². The van der Waals surface area contributed by atoms with Crippen LogP contribution in [0, 0.1) is 0 Å². The Morgan fingerprint density at radius 1 is 1.41 bits per heavy atom. The van der Waals surface area contributed by atoms with Gasteiger partial charge in [-0.3, -0.25) is 0 Å². The summed E-state index contributed by atoms with van der Waals surface area (Å²) in [5.41, 5.74) is 1.03. The summed E-state index contributed by atoms with van der Waals surface area (Å²) in [5, 5.41) is 4.04. The second kappa shape index (κ2) is 4.18. The van der Waals surface area contributed by atoms with Crippen molar-refractivity contribution < 1.29 is 9.47 Å². The molecular weight excluding hydrogens is 218 g/mol. The normalized spacial score (nSPS) is 18.1. The van der Waals surface area contributed by atoms with Gasteiger partial charge >= 0.3 is 0 Å². The largest absolute Gasteiger partial charge is 0.491 e. The summed E-state index contributed by atoms with van der Waals surface area (Å²) < 4.78 is 12.4. The first-order chi connectivity index (χ1) is 8.33. The minimum Gasteiger partial charge on any atom is -0.491 e. The Labute approximate surface area is 99.0 Å². The van der Waals surface area contributed by atoms with E-state index < -0.39 is 0 Å². The first-order valence-electron chi connectivity index (χ1n) is 5.52. The van der Waals surface area contributed by atoms with Gasteiger partial charge in [-0.05, 0) is 24.3 Å². The van der Waals surface area contributed by atoms with Gasteiger partial charge in [-0.2, -0.15) is 5.10 Å². The molecule has 1 aliphatic heterocycles. The fourth-order valence-electron chi connectivity index (χ4n) is 1.61. The van der Waals surface area contributed by atoms with E-state index in [0.29, 0.717) is 6.61 Å². The lowest BCUT2D eigenvalue weighted by Crippen LogP contribution is -2.03. The molecule has 5 heteroatoms. The molecule has 0 radical (unpaired) electrons. The molecule has 1 aliphatic rings. The molecular formula is C12H13N3O2. The molecule has 0 N–H and O–H groups in total. The van der Waals surface area contributed by atoms with Gasteiger partial charge in [0.15, 0.2) is 5.82 Å².